The van der Waals surface area contributed by atoms with Crippen molar-refractivity contribution in [2.75, 3.05) is 13.2 Å². The summed E-state index contributed by atoms with van der Waals surface area (Å²) in [4.78, 5) is 3.37. The van der Waals surface area contributed by atoms with Crippen molar-refractivity contribution in [3.63, 3.8) is 0 Å². The van der Waals surface area contributed by atoms with Crippen molar-refractivity contribution in [1.82, 2.24) is 0 Å². The molecule has 0 unspecified atom stereocenters. The number of nitrogens with zero attached hydrogens (tertiary/aromatic N) is 1. The zero-order valence-corrected chi connectivity index (χ0v) is 15.8. The van der Waals surface area contributed by atoms with Crippen molar-refractivity contribution >= 4 is 35.6 Å². The molecule has 2 aromatic rings. The van der Waals surface area contributed by atoms with Crippen LogP contribution in [0.15, 0.2) is 42.5 Å². The van der Waals surface area contributed by atoms with Crippen LogP contribution in [0.5, 0.6) is 11.5 Å². The largest absolute Gasteiger partial charge is 0.639 e. The Hall–Kier alpha value is -1.60. The van der Waals surface area contributed by atoms with E-state index >= 15 is 0 Å². The maximum atomic E-state index is 6.98. The highest BCUT2D eigenvalue weighted by Gasteiger charge is 2.23. The summed E-state index contributed by atoms with van der Waals surface area (Å²) in [5.41, 5.74) is 1.60. The number of rotatable bonds is 5. The van der Waals surface area contributed by atoms with Crippen LogP contribution in [0, 0.1) is 10.1 Å². The lowest BCUT2D eigenvalue weighted by Crippen LogP contribution is -2.26. The second kappa shape index (κ2) is 9.20. The Morgan fingerprint density at radius 3 is 2.40 bits per heavy atom. The van der Waals surface area contributed by atoms with E-state index in [0.29, 0.717) is 31.3 Å². The van der Waals surface area contributed by atoms with Gasteiger partial charge in [0.1, 0.15) is 11.5 Å². The normalized spacial score (nSPS) is 14.6. The molecular weight excluding hydrogens is 432 g/mol. The fourth-order valence-corrected chi connectivity index (χ4v) is 2.81. The van der Waals surface area contributed by atoms with Crippen LogP contribution in [0.25, 0.3) is 4.85 Å². The SMILES string of the molecule is [C-]#[N+]c1ccc(Oc2ccc(I)c(COB3OCCCCO3)c2)cc1. The van der Waals surface area contributed by atoms with E-state index in [2.05, 4.69) is 27.4 Å². The van der Waals surface area contributed by atoms with Crippen LogP contribution in [0.2, 0.25) is 0 Å². The molecule has 2 aromatic carbocycles. The summed E-state index contributed by atoms with van der Waals surface area (Å²) in [7, 11) is -0.607. The first-order valence-corrected chi connectivity index (χ1v) is 9.11. The predicted molar refractivity (Wildman–Crippen MR) is 104 cm³/mol. The quantitative estimate of drug-likeness (QED) is 0.368. The number of ether oxygens (including phenoxy) is 1. The molecule has 0 aromatic heterocycles. The highest BCUT2D eigenvalue weighted by molar-refractivity contribution is 14.1. The van der Waals surface area contributed by atoms with Gasteiger partial charge in [0.2, 0.25) is 0 Å². The molecule has 0 aliphatic carbocycles. The summed E-state index contributed by atoms with van der Waals surface area (Å²) in [6, 6.07) is 12.9. The van der Waals surface area contributed by atoms with Crippen molar-refractivity contribution in [1.29, 1.82) is 0 Å². The smallest absolute Gasteiger partial charge is 0.457 e. The van der Waals surface area contributed by atoms with Crippen LogP contribution in [0.4, 0.5) is 5.69 Å². The van der Waals surface area contributed by atoms with Gasteiger partial charge < -0.3 is 18.7 Å². The molecule has 1 fully saturated rings. The van der Waals surface area contributed by atoms with Gasteiger partial charge in [0.05, 0.1) is 13.2 Å². The van der Waals surface area contributed by atoms with Gasteiger partial charge in [-0.25, -0.2) is 4.85 Å². The summed E-state index contributed by atoms with van der Waals surface area (Å²) in [6.45, 7) is 8.68. The lowest BCUT2D eigenvalue weighted by Gasteiger charge is -2.13. The fourth-order valence-electron chi connectivity index (χ4n) is 2.32. The monoisotopic (exact) mass is 449 g/mol. The number of benzene rings is 2. The Labute approximate surface area is 161 Å². The average Bonchev–Trinajstić information content (AvgIpc) is 2.91. The number of hydrogen-bond acceptors (Lipinski definition) is 4. The first kappa shape index (κ1) is 18.2. The van der Waals surface area contributed by atoms with Gasteiger partial charge in [-0.3, -0.25) is 0 Å². The molecule has 7 heteroatoms. The summed E-state index contributed by atoms with van der Waals surface area (Å²) < 4.78 is 23.7. The van der Waals surface area contributed by atoms with Crippen molar-refractivity contribution < 1.29 is 18.7 Å². The first-order valence-electron chi connectivity index (χ1n) is 8.03. The van der Waals surface area contributed by atoms with Crippen molar-refractivity contribution in [3.05, 3.63) is 63.0 Å². The summed E-state index contributed by atoms with van der Waals surface area (Å²) in [5.74, 6) is 1.41. The molecule has 1 aliphatic heterocycles. The topological polar surface area (TPSA) is 41.3 Å². The van der Waals surface area contributed by atoms with E-state index in [1.165, 1.54) is 0 Å². The van der Waals surface area contributed by atoms with Crippen LogP contribution >= 0.6 is 22.6 Å². The molecule has 0 atom stereocenters. The van der Waals surface area contributed by atoms with Gasteiger partial charge in [0.15, 0.2) is 5.69 Å². The Bertz CT molecular complexity index is 740. The van der Waals surface area contributed by atoms with Crippen LogP contribution in [0.3, 0.4) is 0 Å². The lowest BCUT2D eigenvalue weighted by atomic mass is 10.2. The molecule has 0 N–H and O–H groups in total. The van der Waals surface area contributed by atoms with Crippen LogP contribution in [-0.2, 0) is 20.6 Å². The van der Waals surface area contributed by atoms with E-state index in [4.69, 9.17) is 25.3 Å². The van der Waals surface area contributed by atoms with Crippen LogP contribution in [-0.4, -0.2) is 20.5 Å². The van der Waals surface area contributed by atoms with Crippen LogP contribution in [0.1, 0.15) is 18.4 Å². The molecule has 0 saturated carbocycles. The summed E-state index contributed by atoms with van der Waals surface area (Å²) in [6.07, 6.45) is 1.99. The highest BCUT2D eigenvalue weighted by atomic mass is 127. The molecule has 1 heterocycles. The second-order valence-corrected chi connectivity index (χ2v) is 6.67. The number of halogens is 1. The average molecular weight is 449 g/mol. The van der Waals surface area contributed by atoms with Gasteiger partial charge in [0, 0.05) is 16.8 Å². The second-order valence-electron chi connectivity index (χ2n) is 5.51. The summed E-state index contributed by atoms with van der Waals surface area (Å²) >= 11 is 2.27. The zero-order valence-electron chi connectivity index (χ0n) is 13.6. The van der Waals surface area contributed by atoms with Gasteiger partial charge in [-0.15, -0.1) is 0 Å². The Morgan fingerprint density at radius 1 is 1.04 bits per heavy atom. The molecule has 25 heavy (non-hydrogen) atoms. The lowest BCUT2D eigenvalue weighted by molar-refractivity contribution is 0.107. The van der Waals surface area contributed by atoms with E-state index in [0.717, 1.165) is 27.7 Å². The number of hydrogen-bond donors (Lipinski definition) is 0. The minimum atomic E-state index is -0.607. The molecule has 5 nitrogen and oxygen atoms in total. The molecule has 0 radical (unpaired) electrons. The molecule has 1 aliphatic rings. The van der Waals surface area contributed by atoms with Gasteiger partial charge in [-0.05, 0) is 71.3 Å². The Morgan fingerprint density at radius 2 is 1.72 bits per heavy atom. The Balaban J connectivity index is 1.64. The standard InChI is InChI=1S/C18H17BINO4/c1-21-15-4-6-16(7-5-15)25-17-8-9-18(20)14(12-17)13-24-19-22-10-2-3-11-23-19/h4-9,12H,2-3,10-11,13H2. The highest BCUT2D eigenvalue weighted by Crippen LogP contribution is 2.27. The van der Waals surface area contributed by atoms with Crippen molar-refractivity contribution in [3.8, 4) is 11.5 Å². The van der Waals surface area contributed by atoms with E-state index in [-0.39, 0.29) is 0 Å². The zero-order chi connectivity index (χ0) is 17.5. The molecular formula is C18H17BINO4. The maximum absolute atomic E-state index is 6.98. The molecule has 3 rings (SSSR count). The molecule has 1 saturated heterocycles. The third kappa shape index (κ3) is 5.44. The van der Waals surface area contributed by atoms with E-state index in [1.54, 1.807) is 24.3 Å². The molecule has 0 spiro atoms. The van der Waals surface area contributed by atoms with Gasteiger partial charge in [-0.1, -0.05) is 12.1 Å². The Kier molecular flexibility index (Phi) is 6.70. The predicted octanol–water partition coefficient (Wildman–Crippen LogP) is 4.96. The third-order valence-electron chi connectivity index (χ3n) is 3.64. The summed E-state index contributed by atoms with van der Waals surface area (Å²) in [5, 5.41) is 0. The van der Waals surface area contributed by atoms with Crippen molar-refractivity contribution in [2.45, 2.75) is 19.4 Å². The van der Waals surface area contributed by atoms with Crippen molar-refractivity contribution in [2.24, 2.45) is 0 Å². The molecule has 128 valence electrons. The van der Waals surface area contributed by atoms with Gasteiger partial charge in [-0.2, -0.15) is 0 Å². The van der Waals surface area contributed by atoms with E-state index < -0.39 is 7.32 Å². The molecule has 0 amide bonds. The maximum Gasteiger partial charge on any atom is 0.639 e. The van der Waals surface area contributed by atoms with Gasteiger partial charge in [0.25, 0.3) is 0 Å². The van der Waals surface area contributed by atoms with E-state index in [1.807, 2.05) is 18.2 Å². The minimum absolute atomic E-state index is 0.386. The van der Waals surface area contributed by atoms with Crippen LogP contribution < -0.4 is 4.74 Å². The first-order chi connectivity index (χ1) is 12.2. The third-order valence-corrected chi connectivity index (χ3v) is 4.69. The van der Waals surface area contributed by atoms with E-state index in [9.17, 15) is 0 Å². The fraction of sp³-hybridized carbons (Fsp3) is 0.278. The molecule has 0 bridgehead atoms. The van der Waals surface area contributed by atoms with Gasteiger partial charge >= 0.3 is 7.32 Å². The minimum Gasteiger partial charge on any atom is -0.457 e.